The van der Waals surface area contributed by atoms with Crippen molar-refractivity contribution < 1.29 is 24.1 Å². The first-order valence-electron chi connectivity index (χ1n) is 7.46. The maximum Gasteiger partial charge on any atom is 0.184 e. The molecule has 2 saturated heterocycles. The highest BCUT2D eigenvalue weighted by molar-refractivity contribution is 5.18. The van der Waals surface area contributed by atoms with E-state index in [4.69, 9.17) is 18.9 Å². The first kappa shape index (κ1) is 15.6. The Morgan fingerprint density at radius 1 is 1.32 bits per heavy atom. The van der Waals surface area contributed by atoms with E-state index in [-0.39, 0.29) is 5.92 Å². The van der Waals surface area contributed by atoms with E-state index in [0.717, 1.165) is 5.56 Å². The minimum absolute atomic E-state index is 0.300. The van der Waals surface area contributed by atoms with Crippen LogP contribution in [0.5, 0.6) is 0 Å². The van der Waals surface area contributed by atoms with Crippen LogP contribution < -0.4 is 0 Å². The Kier molecular flexibility index (Phi) is 4.34. The number of rotatable bonds is 3. The monoisotopic (exact) mass is 306 g/mol. The molecular formula is C17H22O5. The van der Waals surface area contributed by atoms with Crippen LogP contribution in [-0.4, -0.2) is 42.9 Å². The predicted octanol–water partition coefficient (Wildman–Crippen LogP) is 2.03. The quantitative estimate of drug-likeness (QED) is 0.866. The van der Waals surface area contributed by atoms with Crippen molar-refractivity contribution in [2.45, 2.75) is 37.3 Å². The molecule has 5 heteroatoms. The SMILES string of the molecule is C=C[C@@]1(O)[C@@H]2OC(c3ccccc3)OC[C@H]2O[C@H](OC)[C@@H]1C. The van der Waals surface area contributed by atoms with E-state index in [0.29, 0.717) is 6.61 Å². The largest absolute Gasteiger partial charge is 0.382 e. The second kappa shape index (κ2) is 6.10. The molecule has 1 aromatic rings. The molecule has 2 aliphatic heterocycles. The summed E-state index contributed by atoms with van der Waals surface area (Å²) in [5, 5.41) is 11.1. The fourth-order valence-electron chi connectivity index (χ4n) is 3.16. The lowest BCUT2D eigenvalue weighted by atomic mass is 9.78. The lowest BCUT2D eigenvalue weighted by Crippen LogP contribution is -2.65. The number of aliphatic hydroxyl groups is 1. The van der Waals surface area contributed by atoms with E-state index in [2.05, 4.69) is 6.58 Å². The summed E-state index contributed by atoms with van der Waals surface area (Å²) >= 11 is 0. The molecule has 2 aliphatic rings. The molecule has 2 fully saturated rings. The molecule has 0 spiro atoms. The van der Waals surface area contributed by atoms with Crippen molar-refractivity contribution in [1.29, 1.82) is 0 Å². The number of hydrogen-bond acceptors (Lipinski definition) is 5. The molecule has 0 bridgehead atoms. The molecule has 2 heterocycles. The van der Waals surface area contributed by atoms with Crippen LogP contribution in [0.1, 0.15) is 18.8 Å². The lowest BCUT2D eigenvalue weighted by molar-refractivity contribution is -0.364. The summed E-state index contributed by atoms with van der Waals surface area (Å²) in [6.07, 6.45) is -0.472. The minimum atomic E-state index is -1.24. The zero-order valence-electron chi connectivity index (χ0n) is 12.8. The molecule has 120 valence electrons. The molecule has 6 atom stereocenters. The van der Waals surface area contributed by atoms with Gasteiger partial charge in [0.1, 0.15) is 17.8 Å². The van der Waals surface area contributed by atoms with Crippen LogP contribution in [0.25, 0.3) is 0 Å². The highest BCUT2D eigenvalue weighted by Crippen LogP contribution is 2.42. The predicted molar refractivity (Wildman–Crippen MR) is 80.0 cm³/mol. The average Bonchev–Trinajstić information content (AvgIpc) is 2.58. The Balaban J connectivity index is 1.86. The summed E-state index contributed by atoms with van der Waals surface area (Å²) in [5.41, 5.74) is -0.325. The van der Waals surface area contributed by atoms with Gasteiger partial charge < -0.3 is 24.1 Å². The summed E-state index contributed by atoms with van der Waals surface area (Å²) in [6.45, 7) is 5.97. The zero-order chi connectivity index (χ0) is 15.7. The summed E-state index contributed by atoms with van der Waals surface area (Å²) in [4.78, 5) is 0. The van der Waals surface area contributed by atoms with Crippen LogP contribution >= 0.6 is 0 Å². The van der Waals surface area contributed by atoms with Gasteiger partial charge in [-0.25, -0.2) is 0 Å². The Morgan fingerprint density at radius 3 is 2.68 bits per heavy atom. The zero-order valence-corrected chi connectivity index (χ0v) is 12.8. The molecule has 0 aromatic heterocycles. The standard InChI is InChI=1S/C17H22O5/c1-4-17(18)11(2)15(19-3)21-13-10-20-16(22-14(13)17)12-8-6-5-7-9-12/h4-9,11,13-16,18H,1,10H2,2-3H3/t11-,13+,14+,15-,16?,17-/m0/s1. The molecule has 1 aromatic carbocycles. The normalized spacial score (nSPS) is 41.7. The van der Waals surface area contributed by atoms with Crippen molar-refractivity contribution in [1.82, 2.24) is 0 Å². The minimum Gasteiger partial charge on any atom is -0.382 e. The van der Waals surface area contributed by atoms with Gasteiger partial charge in [-0.1, -0.05) is 43.3 Å². The number of methoxy groups -OCH3 is 1. The van der Waals surface area contributed by atoms with Crippen LogP contribution in [0.4, 0.5) is 0 Å². The third-order valence-electron chi connectivity index (χ3n) is 4.55. The van der Waals surface area contributed by atoms with E-state index in [1.165, 1.54) is 6.08 Å². The van der Waals surface area contributed by atoms with E-state index in [1.54, 1.807) is 7.11 Å². The molecule has 5 nitrogen and oxygen atoms in total. The highest BCUT2D eigenvalue weighted by atomic mass is 16.7. The van der Waals surface area contributed by atoms with E-state index >= 15 is 0 Å². The van der Waals surface area contributed by atoms with Gasteiger partial charge in [0.2, 0.25) is 0 Å². The highest BCUT2D eigenvalue weighted by Gasteiger charge is 2.55. The van der Waals surface area contributed by atoms with Crippen molar-refractivity contribution in [2.75, 3.05) is 13.7 Å². The van der Waals surface area contributed by atoms with Gasteiger partial charge in [-0.2, -0.15) is 0 Å². The number of hydrogen-bond donors (Lipinski definition) is 1. The molecule has 1 unspecified atom stereocenters. The summed E-state index contributed by atoms with van der Waals surface area (Å²) in [7, 11) is 1.56. The lowest BCUT2D eigenvalue weighted by Gasteiger charge is -2.52. The fourth-order valence-corrected chi connectivity index (χ4v) is 3.16. The first-order valence-corrected chi connectivity index (χ1v) is 7.46. The first-order chi connectivity index (χ1) is 10.6. The smallest absolute Gasteiger partial charge is 0.184 e. The second-order valence-electron chi connectivity index (χ2n) is 5.79. The number of benzene rings is 1. The molecule has 3 rings (SSSR count). The topological polar surface area (TPSA) is 57.2 Å². The van der Waals surface area contributed by atoms with Crippen LogP contribution in [0.3, 0.4) is 0 Å². The molecule has 0 amide bonds. The van der Waals surface area contributed by atoms with Gasteiger partial charge in [0.25, 0.3) is 0 Å². The maximum atomic E-state index is 11.1. The van der Waals surface area contributed by atoms with E-state index < -0.39 is 30.4 Å². The van der Waals surface area contributed by atoms with Gasteiger partial charge in [-0.05, 0) is 0 Å². The Hall–Kier alpha value is -1.24. The molecule has 0 saturated carbocycles. The summed E-state index contributed by atoms with van der Waals surface area (Å²) in [5.74, 6) is -0.300. The van der Waals surface area contributed by atoms with Crippen LogP contribution in [0.2, 0.25) is 0 Å². The van der Waals surface area contributed by atoms with Crippen molar-refractivity contribution in [3.8, 4) is 0 Å². The van der Waals surface area contributed by atoms with E-state index in [9.17, 15) is 5.11 Å². The molecule has 22 heavy (non-hydrogen) atoms. The third kappa shape index (κ3) is 2.49. The molecule has 1 N–H and O–H groups in total. The maximum absolute atomic E-state index is 11.1. The summed E-state index contributed by atoms with van der Waals surface area (Å²) in [6, 6.07) is 9.65. The van der Waals surface area contributed by atoms with Crippen LogP contribution in [0, 0.1) is 5.92 Å². The average molecular weight is 306 g/mol. The van der Waals surface area contributed by atoms with Gasteiger partial charge in [0, 0.05) is 18.6 Å². The van der Waals surface area contributed by atoms with Crippen molar-refractivity contribution in [3.63, 3.8) is 0 Å². The Morgan fingerprint density at radius 2 is 2.05 bits per heavy atom. The van der Waals surface area contributed by atoms with Gasteiger partial charge in [-0.15, -0.1) is 6.58 Å². The fraction of sp³-hybridized carbons (Fsp3) is 0.529. The Labute approximate surface area is 130 Å². The van der Waals surface area contributed by atoms with Crippen LogP contribution in [-0.2, 0) is 18.9 Å². The molecular weight excluding hydrogens is 284 g/mol. The third-order valence-corrected chi connectivity index (χ3v) is 4.55. The summed E-state index contributed by atoms with van der Waals surface area (Å²) < 4.78 is 22.9. The number of fused-ring (bicyclic) bond motifs is 1. The van der Waals surface area contributed by atoms with Gasteiger partial charge in [0.15, 0.2) is 12.6 Å². The van der Waals surface area contributed by atoms with E-state index in [1.807, 2.05) is 37.3 Å². The van der Waals surface area contributed by atoms with Crippen molar-refractivity contribution >= 4 is 0 Å². The van der Waals surface area contributed by atoms with Gasteiger partial charge in [0.05, 0.1) is 6.61 Å². The second-order valence-corrected chi connectivity index (χ2v) is 5.79. The van der Waals surface area contributed by atoms with Crippen molar-refractivity contribution in [2.24, 2.45) is 5.92 Å². The number of ether oxygens (including phenoxy) is 4. The van der Waals surface area contributed by atoms with Crippen molar-refractivity contribution in [3.05, 3.63) is 48.6 Å². The Bertz CT molecular complexity index is 519. The molecule has 0 aliphatic carbocycles. The van der Waals surface area contributed by atoms with Gasteiger partial charge >= 0.3 is 0 Å². The van der Waals surface area contributed by atoms with Crippen LogP contribution in [0.15, 0.2) is 43.0 Å². The van der Waals surface area contributed by atoms with Gasteiger partial charge in [-0.3, -0.25) is 0 Å². The molecule has 0 radical (unpaired) electrons.